The second-order valence-electron chi connectivity index (χ2n) is 3.80. The van der Waals surface area contributed by atoms with Crippen LogP contribution in [0.2, 0.25) is 5.02 Å². The topological polar surface area (TPSA) is 63.8 Å². The standard InChI is InChI=1S/C12H6BrClN2O3S/c13-6-1-2-8(7(14)5-6)19-10-9(11(17)18)16-3-4-20-12(16)15-10/h1-5H,(H,17,18). The molecule has 2 heterocycles. The van der Waals surface area contributed by atoms with Crippen LogP contribution in [0.25, 0.3) is 4.96 Å². The zero-order valence-electron chi connectivity index (χ0n) is 9.71. The summed E-state index contributed by atoms with van der Waals surface area (Å²) < 4.78 is 7.81. The van der Waals surface area contributed by atoms with Gasteiger partial charge in [-0.05, 0) is 18.2 Å². The fraction of sp³-hybridized carbons (Fsp3) is 0. The number of aromatic carboxylic acids is 1. The maximum atomic E-state index is 11.3. The van der Waals surface area contributed by atoms with Crippen LogP contribution in [0, 0.1) is 0 Å². The van der Waals surface area contributed by atoms with Gasteiger partial charge in [-0.15, -0.1) is 11.3 Å². The molecular weight excluding hydrogens is 368 g/mol. The van der Waals surface area contributed by atoms with Gasteiger partial charge in [0.1, 0.15) is 5.75 Å². The Labute approximate surface area is 130 Å². The molecule has 0 saturated carbocycles. The van der Waals surface area contributed by atoms with Crippen molar-refractivity contribution in [3.63, 3.8) is 0 Å². The second-order valence-corrected chi connectivity index (χ2v) is 6.00. The van der Waals surface area contributed by atoms with Crippen LogP contribution in [-0.4, -0.2) is 20.5 Å². The Morgan fingerprint density at radius 1 is 1.50 bits per heavy atom. The van der Waals surface area contributed by atoms with E-state index in [0.29, 0.717) is 15.7 Å². The van der Waals surface area contributed by atoms with Gasteiger partial charge in [-0.1, -0.05) is 27.5 Å². The van der Waals surface area contributed by atoms with Gasteiger partial charge in [0.25, 0.3) is 5.88 Å². The molecule has 1 N–H and O–H groups in total. The maximum Gasteiger partial charge on any atom is 0.358 e. The van der Waals surface area contributed by atoms with Crippen molar-refractivity contribution >= 4 is 49.8 Å². The molecule has 0 aliphatic rings. The van der Waals surface area contributed by atoms with Crippen molar-refractivity contribution in [2.75, 3.05) is 0 Å². The number of ether oxygens (including phenoxy) is 1. The average Bonchev–Trinajstić information content (AvgIpc) is 2.91. The number of imidazole rings is 1. The van der Waals surface area contributed by atoms with Crippen LogP contribution in [0.4, 0.5) is 0 Å². The molecule has 0 bridgehead atoms. The van der Waals surface area contributed by atoms with Crippen molar-refractivity contribution < 1.29 is 14.6 Å². The number of carboxylic acids is 1. The highest BCUT2D eigenvalue weighted by Gasteiger charge is 2.22. The van der Waals surface area contributed by atoms with Gasteiger partial charge in [0, 0.05) is 16.0 Å². The minimum atomic E-state index is -1.11. The summed E-state index contributed by atoms with van der Waals surface area (Å²) in [5.74, 6) is -0.740. The lowest BCUT2D eigenvalue weighted by molar-refractivity contribution is 0.0686. The van der Waals surface area contributed by atoms with E-state index in [0.717, 1.165) is 4.47 Å². The predicted octanol–water partition coefficient (Wildman–Crippen LogP) is 4.30. The molecule has 3 rings (SSSR count). The predicted molar refractivity (Wildman–Crippen MR) is 79.3 cm³/mol. The van der Waals surface area contributed by atoms with E-state index in [1.54, 1.807) is 29.8 Å². The van der Waals surface area contributed by atoms with Gasteiger partial charge in [-0.2, -0.15) is 4.98 Å². The molecule has 5 nitrogen and oxygen atoms in total. The van der Waals surface area contributed by atoms with Crippen molar-refractivity contribution in [1.82, 2.24) is 9.38 Å². The first-order chi connectivity index (χ1) is 9.56. The zero-order valence-corrected chi connectivity index (χ0v) is 12.9. The Morgan fingerprint density at radius 2 is 2.30 bits per heavy atom. The molecule has 0 spiro atoms. The molecule has 8 heteroatoms. The lowest BCUT2D eigenvalue weighted by Crippen LogP contribution is -2.02. The molecule has 0 aliphatic carbocycles. The Kier molecular flexibility index (Phi) is 3.41. The highest BCUT2D eigenvalue weighted by atomic mass is 79.9. The number of aromatic nitrogens is 2. The molecular formula is C12H6BrClN2O3S. The Morgan fingerprint density at radius 3 is 3.00 bits per heavy atom. The number of hydrogen-bond acceptors (Lipinski definition) is 4. The third-order valence-electron chi connectivity index (χ3n) is 2.53. The van der Waals surface area contributed by atoms with Gasteiger partial charge in [0.05, 0.1) is 5.02 Å². The van der Waals surface area contributed by atoms with E-state index in [1.807, 2.05) is 0 Å². The van der Waals surface area contributed by atoms with E-state index in [-0.39, 0.29) is 11.6 Å². The van der Waals surface area contributed by atoms with E-state index < -0.39 is 5.97 Å². The number of fused-ring (bicyclic) bond motifs is 1. The summed E-state index contributed by atoms with van der Waals surface area (Å²) in [6.45, 7) is 0. The van der Waals surface area contributed by atoms with E-state index in [9.17, 15) is 9.90 Å². The fourth-order valence-corrected chi connectivity index (χ4v) is 3.11. The molecule has 20 heavy (non-hydrogen) atoms. The van der Waals surface area contributed by atoms with Crippen LogP contribution >= 0.6 is 38.9 Å². The summed E-state index contributed by atoms with van der Waals surface area (Å²) in [5, 5.41) is 11.4. The number of halogens is 2. The van der Waals surface area contributed by atoms with Gasteiger partial charge < -0.3 is 9.84 Å². The number of benzene rings is 1. The molecule has 0 fully saturated rings. The lowest BCUT2D eigenvalue weighted by atomic mass is 10.3. The Hall–Kier alpha value is -1.57. The first kappa shape index (κ1) is 13.4. The normalized spacial score (nSPS) is 10.9. The minimum Gasteiger partial charge on any atom is -0.476 e. The van der Waals surface area contributed by atoms with E-state index in [4.69, 9.17) is 16.3 Å². The summed E-state index contributed by atoms with van der Waals surface area (Å²) in [6, 6.07) is 5.06. The van der Waals surface area contributed by atoms with E-state index >= 15 is 0 Å². The molecule has 2 aromatic heterocycles. The summed E-state index contributed by atoms with van der Waals surface area (Å²) in [6.07, 6.45) is 1.63. The highest BCUT2D eigenvalue weighted by Crippen LogP contribution is 2.33. The van der Waals surface area contributed by atoms with Gasteiger partial charge in [0.2, 0.25) is 0 Å². The molecule has 0 amide bonds. The van der Waals surface area contributed by atoms with Crippen LogP contribution in [0.15, 0.2) is 34.2 Å². The van der Waals surface area contributed by atoms with Crippen LogP contribution in [0.3, 0.4) is 0 Å². The zero-order chi connectivity index (χ0) is 14.3. The molecule has 0 atom stereocenters. The summed E-state index contributed by atoms with van der Waals surface area (Å²) in [5.41, 5.74) is -0.0276. The van der Waals surface area contributed by atoms with E-state index in [1.165, 1.54) is 15.7 Å². The summed E-state index contributed by atoms with van der Waals surface area (Å²) in [4.78, 5) is 16.1. The molecule has 102 valence electrons. The van der Waals surface area contributed by atoms with Crippen molar-refractivity contribution in [2.24, 2.45) is 0 Å². The van der Waals surface area contributed by atoms with Gasteiger partial charge in [0.15, 0.2) is 10.7 Å². The number of carboxylic acid groups (broad SMARTS) is 1. The molecule has 0 aliphatic heterocycles. The first-order valence-electron chi connectivity index (χ1n) is 5.38. The summed E-state index contributed by atoms with van der Waals surface area (Å²) >= 11 is 10.7. The molecule has 0 radical (unpaired) electrons. The van der Waals surface area contributed by atoms with E-state index in [2.05, 4.69) is 20.9 Å². The maximum absolute atomic E-state index is 11.3. The SMILES string of the molecule is O=C(O)c1c(Oc2ccc(Br)cc2Cl)nc2sccn12. The number of thiazole rings is 1. The third kappa shape index (κ3) is 2.28. The van der Waals surface area contributed by atoms with Crippen LogP contribution in [0.5, 0.6) is 11.6 Å². The first-order valence-corrected chi connectivity index (χ1v) is 7.43. The largest absolute Gasteiger partial charge is 0.476 e. The number of rotatable bonds is 3. The summed E-state index contributed by atoms with van der Waals surface area (Å²) in [7, 11) is 0. The molecule has 1 aromatic carbocycles. The third-order valence-corrected chi connectivity index (χ3v) is 4.08. The van der Waals surface area contributed by atoms with Gasteiger partial charge in [-0.25, -0.2) is 4.79 Å². The van der Waals surface area contributed by atoms with Crippen molar-refractivity contribution in [3.05, 3.63) is 45.0 Å². The van der Waals surface area contributed by atoms with Crippen molar-refractivity contribution in [3.8, 4) is 11.6 Å². The van der Waals surface area contributed by atoms with Crippen LogP contribution < -0.4 is 4.74 Å². The number of hydrogen-bond donors (Lipinski definition) is 1. The van der Waals surface area contributed by atoms with Gasteiger partial charge in [-0.3, -0.25) is 4.40 Å². The smallest absolute Gasteiger partial charge is 0.358 e. The van der Waals surface area contributed by atoms with Crippen LogP contribution in [-0.2, 0) is 0 Å². The second kappa shape index (κ2) is 5.08. The molecule has 0 saturated heterocycles. The van der Waals surface area contributed by atoms with Gasteiger partial charge >= 0.3 is 5.97 Å². The lowest BCUT2D eigenvalue weighted by Gasteiger charge is -2.06. The quantitative estimate of drug-likeness (QED) is 0.743. The molecule has 3 aromatic rings. The van der Waals surface area contributed by atoms with Crippen LogP contribution in [0.1, 0.15) is 10.5 Å². The van der Waals surface area contributed by atoms with Crippen molar-refractivity contribution in [1.29, 1.82) is 0 Å². The Balaban J connectivity index is 2.08. The minimum absolute atomic E-state index is 0.0218. The monoisotopic (exact) mass is 372 g/mol. The fourth-order valence-electron chi connectivity index (χ4n) is 1.69. The number of nitrogens with zero attached hydrogens (tertiary/aromatic N) is 2. The number of carbonyl (C=O) groups is 1. The van der Waals surface area contributed by atoms with Crippen molar-refractivity contribution in [2.45, 2.75) is 0 Å². The molecule has 0 unspecified atom stereocenters. The average molecular weight is 374 g/mol. The Bertz CT molecular complexity index is 814. The highest BCUT2D eigenvalue weighted by molar-refractivity contribution is 9.10.